The first kappa shape index (κ1) is 39.3. The zero-order chi connectivity index (χ0) is 37.4. The second-order valence-corrected chi connectivity index (χ2v) is 11.6. The van der Waals surface area contributed by atoms with Crippen molar-refractivity contribution in [2.75, 3.05) is 0 Å². The molecule has 0 bridgehead atoms. The first-order valence-corrected chi connectivity index (χ1v) is 15.7. The molecule has 2 aromatic heterocycles. The number of aromatic carboxylic acids is 2. The van der Waals surface area contributed by atoms with Crippen LogP contribution in [0, 0.1) is 0 Å². The zero-order valence-corrected chi connectivity index (χ0v) is 29.2. The van der Waals surface area contributed by atoms with Gasteiger partial charge < -0.3 is 50.6 Å². The van der Waals surface area contributed by atoms with Gasteiger partial charge >= 0.3 is 35.0 Å². The Morgan fingerprint density at radius 2 is 0.849 bits per heavy atom. The molecule has 0 unspecified atom stereocenters. The van der Waals surface area contributed by atoms with Crippen LogP contribution in [0.3, 0.4) is 0 Å². The molecule has 53 heavy (non-hydrogen) atoms. The number of nitrogens with one attached hydrogen (secondary N) is 4. The van der Waals surface area contributed by atoms with Gasteiger partial charge in [0.1, 0.15) is 0 Å². The van der Waals surface area contributed by atoms with Crippen molar-refractivity contribution in [1.82, 2.24) is 20.6 Å². The number of carboxylic acids is 4. The number of amides is 2. The van der Waals surface area contributed by atoms with E-state index >= 15 is 0 Å². The van der Waals surface area contributed by atoms with Crippen LogP contribution in [0.25, 0.3) is 21.8 Å². The van der Waals surface area contributed by atoms with Crippen molar-refractivity contribution in [2.45, 2.75) is 24.9 Å². The Labute approximate surface area is 317 Å². The third kappa shape index (κ3) is 9.87. The summed E-state index contributed by atoms with van der Waals surface area (Å²) in [7, 11) is 0. The fraction of sp³-hybridized carbons (Fsp3) is 0.105. The Hall–Kier alpha value is -6.45. The molecule has 4 aromatic carbocycles. The maximum Gasteiger partial charge on any atom is 2.00 e. The number of rotatable bonds is 12. The molecule has 0 saturated carbocycles. The van der Waals surface area contributed by atoms with Crippen molar-refractivity contribution >= 4 is 80.6 Å². The fourth-order valence-corrected chi connectivity index (χ4v) is 5.44. The molecule has 2 heterocycles. The number of hydrogen-bond donors (Lipinski definition) is 6. The Balaban J connectivity index is 0.000000232. The van der Waals surface area contributed by atoms with Crippen molar-refractivity contribution in [2.24, 2.45) is 0 Å². The van der Waals surface area contributed by atoms with E-state index in [1.807, 2.05) is 48.5 Å². The first-order valence-electron chi connectivity index (χ1n) is 15.7. The number of carbonyl (C=O) groups is 6. The minimum atomic E-state index is -1.40. The van der Waals surface area contributed by atoms with Gasteiger partial charge in [0.25, 0.3) is 11.8 Å². The number of hydrogen-bond acceptors (Lipinski definition) is 8. The summed E-state index contributed by atoms with van der Waals surface area (Å²) in [5.41, 5.74) is 3.65. The third-order valence-electron chi connectivity index (χ3n) is 8.17. The van der Waals surface area contributed by atoms with Crippen molar-refractivity contribution in [3.63, 3.8) is 0 Å². The van der Waals surface area contributed by atoms with E-state index in [0.717, 1.165) is 32.9 Å². The maximum absolute atomic E-state index is 12.3. The van der Waals surface area contributed by atoms with Gasteiger partial charge in [0, 0.05) is 58.2 Å². The summed E-state index contributed by atoms with van der Waals surface area (Å²) < 4.78 is 0. The molecule has 2 atom stereocenters. The molecule has 15 heteroatoms. The van der Waals surface area contributed by atoms with Gasteiger partial charge in [-0.1, -0.05) is 36.4 Å². The van der Waals surface area contributed by atoms with E-state index in [-0.39, 0.29) is 58.1 Å². The van der Waals surface area contributed by atoms with Crippen molar-refractivity contribution in [1.29, 1.82) is 0 Å². The number of aromatic amines is 2. The zero-order valence-electron chi connectivity index (χ0n) is 27.8. The number of aromatic nitrogens is 2. The second kappa shape index (κ2) is 17.7. The van der Waals surface area contributed by atoms with Gasteiger partial charge in [-0.2, -0.15) is 0 Å². The number of aliphatic carboxylic acids is 2. The molecule has 2 amide bonds. The Bertz CT molecular complexity index is 2120. The van der Waals surface area contributed by atoms with Crippen LogP contribution in [-0.2, 0) is 22.4 Å². The van der Waals surface area contributed by atoms with Crippen LogP contribution in [0.5, 0.6) is 0 Å². The summed E-state index contributed by atoms with van der Waals surface area (Å²) in [6.07, 6.45) is 3.53. The average Bonchev–Trinajstić information content (AvgIpc) is 3.75. The molecule has 0 fully saturated rings. The maximum atomic E-state index is 12.3. The molecule has 6 aromatic rings. The number of fused-ring (bicyclic) bond motifs is 2. The van der Waals surface area contributed by atoms with Gasteiger partial charge in [-0.05, 0) is 71.8 Å². The molecule has 264 valence electrons. The number of H-pyrrole nitrogens is 2. The molecular weight excluding hydrogens is 697 g/mol. The van der Waals surface area contributed by atoms with Crippen LogP contribution in [-0.4, -0.2) is 91.0 Å². The first-order chi connectivity index (χ1) is 24.9. The number of para-hydroxylation sites is 2. The summed E-state index contributed by atoms with van der Waals surface area (Å²) >= 11 is 0. The quantitative estimate of drug-likeness (QED) is 0.0993. The standard InChI is InChI=1S/2C19H16N2O5.Mg/c2*22-17(11-5-7-12(8-6-11)18(23)24)21-16(19(25)26)9-13-10-20-15-4-2-1-3-14(13)15;/h2*1-8,10,16,20H,9H2,(H,21,22)(H,23,24)(H,25,26);/q;;+2/p-2/t2*16-;/m00./s1. The van der Waals surface area contributed by atoms with Crippen LogP contribution in [0.2, 0.25) is 0 Å². The second-order valence-electron chi connectivity index (χ2n) is 11.6. The summed E-state index contributed by atoms with van der Waals surface area (Å²) in [5, 5.41) is 47.3. The fourth-order valence-electron chi connectivity index (χ4n) is 5.44. The Kier molecular flexibility index (Phi) is 13.1. The van der Waals surface area contributed by atoms with Gasteiger partial charge in [-0.25, -0.2) is 9.59 Å². The van der Waals surface area contributed by atoms with Crippen LogP contribution in [0.4, 0.5) is 0 Å². The van der Waals surface area contributed by atoms with E-state index < -0.39 is 47.8 Å². The SMILES string of the molecule is O=C(O)c1ccc(C(=O)N[C@@H](Cc2c[nH]c3ccccc23)C(=O)[O-])cc1.O=C(O)c1ccc(C(=O)N[C@@H](Cc2c[nH]c3ccccc23)C(=O)[O-])cc1.[Mg+2]. The predicted molar refractivity (Wildman–Crippen MR) is 189 cm³/mol. The normalized spacial score (nSPS) is 11.6. The minimum absolute atomic E-state index is 0. The van der Waals surface area contributed by atoms with E-state index in [4.69, 9.17) is 10.2 Å². The summed E-state index contributed by atoms with van der Waals surface area (Å²) in [6, 6.07) is 22.9. The number of benzene rings is 4. The van der Waals surface area contributed by atoms with Crippen molar-refractivity contribution < 1.29 is 49.2 Å². The van der Waals surface area contributed by atoms with Gasteiger partial charge in [0.15, 0.2) is 0 Å². The smallest absolute Gasteiger partial charge is 0.548 e. The molecule has 0 aliphatic heterocycles. The largest absolute Gasteiger partial charge is 2.00 e. The van der Waals surface area contributed by atoms with Crippen molar-refractivity contribution in [3.05, 3.63) is 143 Å². The van der Waals surface area contributed by atoms with Gasteiger partial charge in [0.05, 0.1) is 35.1 Å². The molecule has 0 aliphatic carbocycles. The molecule has 6 rings (SSSR count). The topological polar surface area (TPSA) is 245 Å². The third-order valence-corrected chi connectivity index (χ3v) is 8.17. The molecule has 6 N–H and O–H groups in total. The molecular formula is C38H30MgN4O10. The molecule has 0 spiro atoms. The molecule has 0 aliphatic rings. The monoisotopic (exact) mass is 726 g/mol. The number of carbonyl (C=O) groups excluding carboxylic acids is 4. The Morgan fingerprint density at radius 1 is 0.528 bits per heavy atom. The van der Waals surface area contributed by atoms with Gasteiger partial charge in [-0.3, -0.25) is 9.59 Å². The van der Waals surface area contributed by atoms with Crippen LogP contribution < -0.4 is 20.8 Å². The van der Waals surface area contributed by atoms with E-state index in [1.165, 1.54) is 48.5 Å². The predicted octanol–water partition coefficient (Wildman–Crippen LogP) is 1.53. The summed E-state index contributed by atoms with van der Waals surface area (Å²) in [5.74, 6) is -6.24. The summed E-state index contributed by atoms with van der Waals surface area (Å²) in [6.45, 7) is 0. The van der Waals surface area contributed by atoms with E-state index in [0.29, 0.717) is 0 Å². The molecule has 14 nitrogen and oxygen atoms in total. The van der Waals surface area contributed by atoms with Crippen LogP contribution in [0.15, 0.2) is 109 Å². The van der Waals surface area contributed by atoms with Gasteiger partial charge in [-0.15, -0.1) is 0 Å². The van der Waals surface area contributed by atoms with E-state index in [1.54, 1.807) is 12.4 Å². The van der Waals surface area contributed by atoms with Crippen molar-refractivity contribution in [3.8, 4) is 0 Å². The van der Waals surface area contributed by atoms with Gasteiger partial charge in [0.2, 0.25) is 0 Å². The van der Waals surface area contributed by atoms with Crippen LogP contribution in [0.1, 0.15) is 52.6 Å². The average molecular weight is 727 g/mol. The molecule has 0 radical (unpaired) electrons. The minimum Gasteiger partial charge on any atom is -0.548 e. The Morgan fingerprint density at radius 3 is 1.17 bits per heavy atom. The summed E-state index contributed by atoms with van der Waals surface area (Å²) in [4.78, 5) is 75.3. The van der Waals surface area contributed by atoms with E-state index in [2.05, 4.69) is 20.6 Å². The molecule has 0 saturated heterocycles. The van der Waals surface area contributed by atoms with E-state index in [9.17, 15) is 39.0 Å². The van der Waals surface area contributed by atoms with Crippen LogP contribution >= 0.6 is 0 Å². The number of carboxylic acid groups (broad SMARTS) is 4.